The van der Waals surface area contributed by atoms with Crippen LogP contribution < -0.4 is 0 Å². The number of hydrogen-bond donors (Lipinski definition) is 1. The van der Waals surface area contributed by atoms with Crippen LogP contribution in [0.15, 0.2) is 42.0 Å². The summed E-state index contributed by atoms with van der Waals surface area (Å²) in [5.74, 6) is 0. The Balaban J connectivity index is 2.94. The molecule has 1 N–H and O–H groups in total. The summed E-state index contributed by atoms with van der Waals surface area (Å²) in [5.41, 5.74) is 5.51. The molecule has 0 aromatic heterocycles. The van der Waals surface area contributed by atoms with E-state index < -0.39 is 0 Å². The van der Waals surface area contributed by atoms with Crippen LogP contribution in [-0.2, 0) is 5.33 Å². The molecule has 0 atom stereocenters. The second-order valence-corrected chi connectivity index (χ2v) is 5.39. The Hall–Kier alpha value is -0.860. The number of alkyl halides is 1. The topological polar surface area (TPSA) is 20.2 Å². The first-order chi connectivity index (χ1) is 9.13. The van der Waals surface area contributed by atoms with E-state index >= 15 is 0 Å². The molecule has 0 amide bonds. The maximum absolute atomic E-state index is 9.60. The van der Waals surface area contributed by atoms with Crippen molar-refractivity contribution in [2.45, 2.75) is 38.4 Å². The van der Waals surface area contributed by atoms with Gasteiger partial charge >= 0.3 is 0 Å². The van der Waals surface area contributed by atoms with E-state index in [1.807, 2.05) is 0 Å². The normalized spacial score (nSPS) is 12.2. The van der Waals surface area contributed by atoms with Crippen molar-refractivity contribution in [3.8, 4) is 0 Å². The van der Waals surface area contributed by atoms with Gasteiger partial charge in [-0.25, -0.2) is 0 Å². The zero-order valence-corrected chi connectivity index (χ0v) is 13.5. The largest absolute Gasteiger partial charge is 0.392 e. The average Bonchev–Trinajstić information content (AvgIpc) is 2.45. The van der Waals surface area contributed by atoms with Crippen LogP contribution in [0.3, 0.4) is 0 Å². The molecule has 2 heteroatoms. The molecule has 0 unspecified atom stereocenters. The van der Waals surface area contributed by atoms with Crippen LogP contribution in [0, 0.1) is 0 Å². The van der Waals surface area contributed by atoms with Gasteiger partial charge < -0.3 is 5.11 Å². The van der Waals surface area contributed by atoms with E-state index in [-0.39, 0.29) is 6.61 Å². The minimum absolute atomic E-state index is 0.0641. The summed E-state index contributed by atoms with van der Waals surface area (Å²) in [6.45, 7) is 8.49. The van der Waals surface area contributed by atoms with Gasteiger partial charge in [-0.1, -0.05) is 65.7 Å². The first-order valence-corrected chi connectivity index (χ1v) is 7.90. The van der Waals surface area contributed by atoms with Gasteiger partial charge in [0, 0.05) is 5.33 Å². The molecule has 1 aromatic rings. The molecule has 104 valence electrons. The number of aliphatic hydroxyl groups excluding tert-OH is 1. The summed E-state index contributed by atoms with van der Waals surface area (Å²) < 4.78 is 0. The molecular weight excluding hydrogens is 300 g/mol. The summed E-state index contributed by atoms with van der Waals surface area (Å²) in [7, 11) is 0. The Morgan fingerprint density at radius 3 is 2.37 bits per heavy atom. The van der Waals surface area contributed by atoms with Crippen LogP contribution in [0.2, 0.25) is 0 Å². The fourth-order valence-electron chi connectivity index (χ4n) is 2.05. The zero-order chi connectivity index (χ0) is 14.3. The van der Waals surface area contributed by atoms with Gasteiger partial charge in [0.15, 0.2) is 0 Å². The van der Waals surface area contributed by atoms with E-state index in [0.29, 0.717) is 0 Å². The van der Waals surface area contributed by atoms with E-state index in [4.69, 9.17) is 0 Å². The third-order valence-electron chi connectivity index (χ3n) is 3.40. The molecule has 0 bridgehead atoms. The summed E-state index contributed by atoms with van der Waals surface area (Å²) in [5, 5.41) is 10.5. The minimum atomic E-state index is 0.0641. The van der Waals surface area contributed by atoms with Crippen LogP contribution in [0.5, 0.6) is 0 Å². The number of hydrogen-bond acceptors (Lipinski definition) is 1. The lowest BCUT2D eigenvalue weighted by molar-refractivity contribution is 0.334. The van der Waals surface area contributed by atoms with Gasteiger partial charge in [-0.05, 0) is 42.0 Å². The standard InChI is InChI=1S/C17H23BrO/c1-4-5-6-13(2)17(12-19)14(3)16-9-7-15(11-18)8-10-16/h7-10,19H,3-6,11-12H2,1-2H3/b17-13-. The Morgan fingerprint density at radius 1 is 1.26 bits per heavy atom. The number of rotatable bonds is 7. The molecule has 1 aromatic carbocycles. The molecule has 0 aliphatic heterocycles. The van der Waals surface area contributed by atoms with Crippen molar-refractivity contribution >= 4 is 21.5 Å². The maximum Gasteiger partial charge on any atom is 0.0687 e. The summed E-state index contributed by atoms with van der Waals surface area (Å²) >= 11 is 3.44. The van der Waals surface area contributed by atoms with Crippen LogP contribution in [-0.4, -0.2) is 11.7 Å². The Bertz CT molecular complexity index is 443. The highest BCUT2D eigenvalue weighted by Gasteiger charge is 2.08. The first-order valence-electron chi connectivity index (χ1n) is 6.78. The smallest absolute Gasteiger partial charge is 0.0687 e. The lowest BCUT2D eigenvalue weighted by Gasteiger charge is -2.13. The predicted molar refractivity (Wildman–Crippen MR) is 87.4 cm³/mol. The van der Waals surface area contributed by atoms with Crippen LogP contribution in [0.25, 0.3) is 5.57 Å². The first kappa shape index (κ1) is 16.2. The van der Waals surface area contributed by atoms with E-state index in [9.17, 15) is 5.11 Å². The van der Waals surface area contributed by atoms with E-state index in [1.54, 1.807) is 0 Å². The second-order valence-electron chi connectivity index (χ2n) is 4.83. The molecule has 0 spiro atoms. The Morgan fingerprint density at radius 2 is 1.89 bits per heavy atom. The summed E-state index contributed by atoms with van der Waals surface area (Å²) in [4.78, 5) is 0. The van der Waals surface area contributed by atoms with Gasteiger partial charge in [-0.15, -0.1) is 0 Å². The molecule has 0 aliphatic carbocycles. The van der Waals surface area contributed by atoms with E-state index in [1.165, 1.54) is 17.6 Å². The number of unbranched alkanes of at least 4 members (excludes halogenated alkanes) is 1. The predicted octanol–water partition coefficient (Wildman–Crippen LogP) is 5.09. The molecule has 0 fully saturated rings. The molecule has 0 heterocycles. The van der Waals surface area contributed by atoms with Gasteiger partial charge in [0.25, 0.3) is 0 Å². The van der Waals surface area contributed by atoms with Crippen LogP contribution in [0.1, 0.15) is 44.2 Å². The van der Waals surface area contributed by atoms with Gasteiger partial charge in [-0.3, -0.25) is 0 Å². The SMILES string of the molecule is C=C(/C(CO)=C(/C)CCCC)c1ccc(CBr)cc1. The lowest BCUT2D eigenvalue weighted by Crippen LogP contribution is -1.99. The van der Waals surface area contributed by atoms with Crippen molar-refractivity contribution < 1.29 is 5.11 Å². The summed E-state index contributed by atoms with van der Waals surface area (Å²) in [6.07, 6.45) is 3.36. The molecule has 0 saturated heterocycles. The average molecular weight is 323 g/mol. The fraction of sp³-hybridized carbons (Fsp3) is 0.412. The monoisotopic (exact) mass is 322 g/mol. The van der Waals surface area contributed by atoms with Crippen molar-refractivity contribution in [2.75, 3.05) is 6.61 Å². The molecule has 0 saturated carbocycles. The minimum Gasteiger partial charge on any atom is -0.392 e. The van der Waals surface area contributed by atoms with E-state index in [0.717, 1.165) is 34.9 Å². The molecule has 0 radical (unpaired) electrons. The van der Waals surface area contributed by atoms with E-state index in [2.05, 4.69) is 60.6 Å². The highest BCUT2D eigenvalue weighted by molar-refractivity contribution is 9.08. The molecule has 1 nitrogen and oxygen atoms in total. The quantitative estimate of drug-likeness (QED) is 0.547. The Kier molecular flexibility index (Phi) is 7.11. The highest BCUT2D eigenvalue weighted by atomic mass is 79.9. The van der Waals surface area contributed by atoms with Gasteiger partial charge in [0.05, 0.1) is 6.61 Å². The van der Waals surface area contributed by atoms with Gasteiger partial charge in [0.1, 0.15) is 0 Å². The second kappa shape index (κ2) is 8.34. The molecular formula is C17H23BrO. The van der Waals surface area contributed by atoms with Crippen LogP contribution >= 0.6 is 15.9 Å². The van der Waals surface area contributed by atoms with Crippen LogP contribution in [0.4, 0.5) is 0 Å². The highest BCUT2D eigenvalue weighted by Crippen LogP contribution is 2.26. The maximum atomic E-state index is 9.60. The fourth-order valence-corrected chi connectivity index (χ4v) is 2.42. The third-order valence-corrected chi connectivity index (χ3v) is 4.05. The van der Waals surface area contributed by atoms with Crippen molar-refractivity contribution in [1.29, 1.82) is 0 Å². The number of allylic oxidation sites excluding steroid dienone is 1. The molecule has 19 heavy (non-hydrogen) atoms. The van der Waals surface area contributed by atoms with Crippen molar-refractivity contribution in [3.05, 3.63) is 53.1 Å². The third kappa shape index (κ3) is 4.63. The van der Waals surface area contributed by atoms with Gasteiger partial charge in [-0.2, -0.15) is 0 Å². The Labute approximate surface area is 125 Å². The summed E-state index contributed by atoms with van der Waals surface area (Å²) in [6, 6.07) is 8.32. The number of aliphatic hydroxyl groups is 1. The number of benzene rings is 1. The van der Waals surface area contributed by atoms with Gasteiger partial charge in [0.2, 0.25) is 0 Å². The molecule has 1 rings (SSSR count). The lowest BCUT2D eigenvalue weighted by atomic mass is 9.93. The molecule has 0 aliphatic rings. The van der Waals surface area contributed by atoms with Crippen molar-refractivity contribution in [1.82, 2.24) is 0 Å². The zero-order valence-electron chi connectivity index (χ0n) is 11.9. The van der Waals surface area contributed by atoms with Crippen molar-refractivity contribution in [2.24, 2.45) is 0 Å². The number of halogens is 1. The van der Waals surface area contributed by atoms with Crippen molar-refractivity contribution in [3.63, 3.8) is 0 Å².